The monoisotopic (exact) mass is 286 g/mol. The molecule has 0 aromatic carbocycles. The number of carbonyl (C=O) groups is 1. The van der Waals surface area contributed by atoms with Crippen molar-refractivity contribution in [2.75, 3.05) is 7.11 Å². The van der Waals surface area contributed by atoms with Crippen LogP contribution in [0.4, 0.5) is 0 Å². The highest BCUT2D eigenvalue weighted by molar-refractivity contribution is 5.57. The number of aliphatic hydroxyl groups excluding tert-OH is 1. The van der Waals surface area contributed by atoms with Gasteiger partial charge in [-0.2, -0.15) is 0 Å². The summed E-state index contributed by atoms with van der Waals surface area (Å²) in [6, 6.07) is 0. The van der Waals surface area contributed by atoms with Gasteiger partial charge in [0.25, 0.3) is 0 Å². The number of rotatable bonds is 12. The average molecular weight is 286 g/mol. The summed E-state index contributed by atoms with van der Waals surface area (Å²) in [5.41, 5.74) is -0.262. The number of hydrogen-bond acceptors (Lipinski definition) is 3. The number of carbonyl (C=O) groups excluding carboxylic acids is 1. The Kier molecular flexibility index (Phi) is 9.32. The molecule has 1 unspecified atom stereocenters. The molecule has 0 saturated heterocycles. The van der Waals surface area contributed by atoms with Crippen molar-refractivity contribution in [3.05, 3.63) is 0 Å². The zero-order chi connectivity index (χ0) is 15.6. The Morgan fingerprint density at radius 2 is 1.50 bits per heavy atom. The van der Waals surface area contributed by atoms with Crippen molar-refractivity contribution in [1.29, 1.82) is 0 Å². The topological polar surface area (TPSA) is 46.5 Å². The minimum atomic E-state index is -0.212. The number of ether oxygens (including phenoxy) is 1. The molecule has 0 bridgehead atoms. The summed E-state index contributed by atoms with van der Waals surface area (Å²) in [7, 11) is 1.75. The standard InChI is InChI=1S/C17H34O3/c1-16(2,14-18)12-8-6-10-15(19)11-7-9-13-17(3,4)20-5/h14-15,19H,6-13H2,1-5H3. The maximum atomic E-state index is 10.8. The average Bonchev–Trinajstić information content (AvgIpc) is 2.40. The van der Waals surface area contributed by atoms with Crippen molar-refractivity contribution in [3.63, 3.8) is 0 Å². The summed E-state index contributed by atoms with van der Waals surface area (Å²) in [6.45, 7) is 8.12. The Morgan fingerprint density at radius 3 is 1.95 bits per heavy atom. The molecule has 0 rings (SSSR count). The first-order valence-corrected chi connectivity index (χ1v) is 7.92. The normalized spacial score (nSPS) is 14.3. The van der Waals surface area contributed by atoms with Crippen LogP contribution in [0, 0.1) is 5.41 Å². The van der Waals surface area contributed by atoms with Gasteiger partial charge in [-0.15, -0.1) is 0 Å². The van der Waals surface area contributed by atoms with Crippen LogP contribution in [0.15, 0.2) is 0 Å². The van der Waals surface area contributed by atoms with Gasteiger partial charge in [-0.1, -0.05) is 39.5 Å². The van der Waals surface area contributed by atoms with Gasteiger partial charge in [0.2, 0.25) is 0 Å². The van der Waals surface area contributed by atoms with E-state index in [1.807, 2.05) is 13.8 Å². The van der Waals surface area contributed by atoms with Crippen LogP contribution in [-0.2, 0) is 9.53 Å². The molecule has 0 saturated carbocycles. The van der Waals surface area contributed by atoms with Crippen molar-refractivity contribution >= 4 is 6.29 Å². The quantitative estimate of drug-likeness (QED) is 0.433. The molecule has 0 spiro atoms. The molecular weight excluding hydrogens is 252 g/mol. The minimum absolute atomic E-state index is 0.0502. The van der Waals surface area contributed by atoms with Crippen LogP contribution >= 0.6 is 0 Å². The van der Waals surface area contributed by atoms with Crippen molar-refractivity contribution in [1.82, 2.24) is 0 Å². The van der Waals surface area contributed by atoms with E-state index in [1.165, 1.54) is 0 Å². The molecule has 0 amide bonds. The van der Waals surface area contributed by atoms with Crippen molar-refractivity contribution in [2.45, 2.75) is 90.8 Å². The van der Waals surface area contributed by atoms with Gasteiger partial charge in [0.15, 0.2) is 0 Å². The van der Waals surface area contributed by atoms with E-state index in [9.17, 15) is 9.90 Å². The van der Waals surface area contributed by atoms with Gasteiger partial charge in [-0.05, 0) is 39.5 Å². The fourth-order valence-corrected chi connectivity index (χ4v) is 2.20. The highest BCUT2D eigenvalue weighted by Crippen LogP contribution is 2.22. The van der Waals surface area contributed by atoms with E-state index in [2.05, 4.69) is 13.8 Å². The fraction of sp³-hybridized carbons (Fsp3) is 0.941. The molecule has 3 nitrogen and oxygen atoms in total. The van der Waals surface area contributed by atoms with Gasteiger partial charge >= 0.3 is 0 Å². The Hall–Kier alpha value is -0.410. The van der Waals surface area contributed by atoms with Gasteiger partial charge in [0.05, 0.1) is 11.7 Å². The maximum Gasteiger partial charge on any atom is 0.125 e. The molecule has 120 valence electrons. The lowest BCUT2D eigenvalue weighted by Crippen LogP contribution is -2.22. The van der Waals surface area contributed by atoms with E-state index in [0.29, 0.717) is 0 Å². The second-order valence-corrected chi connectivity index (χ2v) is 7.22. The molecule has 20 heavy (non-hydrogen) atoms. The molecule has 0 heterocycles. The first kappa shape index (κ1) is 19.6. The van der Waals surface area contributed by atoms with Gasteiger partial charge in [0.1, 0.15) is 6.29 Å². The SMILES string of the molecule is COC(C)(C)CCCCC(O)CCCCC(C)(C)C=O. The van der Waals surface area contributed by atoms with E-state index in [-0.39, 0.29) is 17.1 Å². The summed E-state index contributed by atoms with van der Waals surface area (Å²) in [6.07, 6.45) is 8.65. The summed E-state index contributed by atoms with van der Waals surface area (Å²) in [4.78, 5) is 10.8. The molecule has 1 atom stereocenters. The smallest absolute Gasteiger partial charge is 0.125 e. The number of aldehydes is 1. The Balaban J connectivity index is 3.55. The number of unbranched alkanes of at least 4 members (excludes halogenated alkanes) is 2. The molecular formula is C17H34O3. The molecule has 1 N–H and O–H groups in total. The second kappa shape index (κ2) is 9.51. The number of methoxy groups -OCH3 is 1. The number of hydrogen-bond donors (Lipinski definition) is 1. The first-order chi connectivity index (χ1) is 9.22. The Labute approximate surface area is 125 Å². The zero-order valence-electron chi connectivity index (χ0n) is 14.1. The van der Waals surface area contributed by atoms with Gasteiger partial charge in [0, 0.05) is 12.5 Å². The highest BCUT2D eigenvalue weighted by atomic mass is 16.5. The summed E-state index contributed by atoms with van der Waals surface area (Å²) in [5, 5.41) is 9.92. The third-order valence-electron chi connectivity index (χ3n) is 4.05. The summed E-state index contributed by atoms with van der Waals surface area (Å²) >= 11 is 0. The summed E-state index contributed by atoms with van der Waals surface area (Å²) in [5.74, 6) is 0. The third-order valence-corrected chi connectivity index (χ3v) is 4.05. The van der Waals surface area contributed by atoms with E-state index in [1.54, 1.807) is 7.11 Å². The Morgan fingerprint density at radius 1 is 1.00 bits per heavy atom. The third kappa shape index (κ3) is 10.4. The summed E-state index contributed by atoms with van der Waals surface area (Å²) < 4.78 is 5.38. The largest absolute Gasteiger partial charge is 0.393 e. The predicted octanol–water partition coefficient (Wildman–Crippen LogP) is 4.12. The zero-order valence-corrected chi connectivity index (χ0v) is 14.1. The van der Waals surface area contributed by atoms with Crippen LogP contribution in [0.25, 0.3) is 0 Å². The van der Waals surface area contributed by atoms with Crippen molar-refractivity contribution in [2.24, 2.45) is 5.41 Å². The van der Waals surface area contributed by atoms with Crippen LogP contribution < -0.4 is 0 Å². The molecule has 0 aliphatic heterocycles. The second-order valence-electron chi connectivity index (χ2n) is 7.22. The van der Waals surface area contributed by atoms with Crippen LogP contribution in [0.3, 0.4) is 0 Å². The van der Waals surface area contributed by atoms with E-state index in [4.69, 9.17) is 4.74 Å². The lowest BCUT2D eigenvalue weighted by atomic mass is 9.88. The number of aliphatic hydroxyl groups is 1. The van der Waals surface area contributed by atoms with Crippen LogP contribution in [0.2, 0.25) is 0 Å². The van der Waals surface area contributed by atoms with Crippen LogP contribution in [0.5, 0.6) is 0 Å². The van der Waals surface area contributed by atoms with Crippen molar-refractivity contribution < 1.29 is 14.6 Å². The van der Waals surface area contributed by atoms with Crippen LogP contribution in [0.1, 0.15) is 79.1 Å². The van der Waals surface area contributed by atoms with E-state index in [0.717, 1.165) is 57.7 Å². The lowest BCUT2D eigenvalue weighted by molar-refractivity contribution is -0.115. The van der Waals surface area contributed by atoms with Gasteiger partial charge in [-0.3, -0.25) is 0 Å². The Bertz CT molecular complexity index is 259. The molecule has 0 radical (unpaired) electrons. The predicted molar refractivity (Wildman–Crippen MR) is 83.9 cm³/mol. The van der Waals surface area contributed by atoms with Gasteiger partial charge < -0.3 is 14.6 Å². The molecule has 0 fully saturated rings. The van der Waals surface area contributed by atoms with Gasteiger partial charge in [-0.25, -0.2) is 0 Å². The first-order valence-electron chi connectivity index (χ1n) is 7.92. The molecule has 0 aliphatic carbocycles. The van der Waals surface area contributed by atoms with E-state index >= 15 is 0 Å². The van der Waals surface area contributed by atoms with Crippen molar-refractivity contribution in [3.8, 4) is 0 Å². The molecule has 0 aliphatic rings. The molecule has 0 aromatic heterocycles. The molecule has 0 aromatic rings. The van der Waals surface area contributed by atoms with E-state index < -0.39 is 0 Å². The maximum absolute atomic E-state index is 10.8. The minimum Gasteiger partial charge on any atom is -0.393 e. The fourth-order valence-electron chi connectivity index (χ4n) is 2.20. The molecule has 3 heteroatoms. The van der Waals surface area contributed by atoms with Crippen LogP contribution in [-0.4, -0.2) is 30.2 Å². The highest BCUT2D eigenvalue weighted by Gasteiger charge is 2.17. The lowest BCUT2D eigenvalue weighted by Gasteiger charge is -2.22.